The average molecular weight is 338 g/mol. The molecule has 126 valence electrons. The highest BCUT2D eigenvalue weighted by Gasteiger charge is 2.37. The van der Waals surface area contributed by atoms with Crippen molar-refractivity contribution in [3.05, 3.63) is 29.8 Å². The predicted octanol–water partition coefficient (Wildman–Crippen LogP) is 4.81. The molecule has 0 fully saturated rings. The Balaban J connectivity index is 2.49. The van der Waals surface area contributed by atoms with Crippen LogP contribution >= 0.6 is 0 Å². The summed E-state index contributed by atoms with van der Waals surface area (Å²) in [6, 6.07) is 5.35. The van der Waals surface area contributed by atoms with Crippen LogP contribution in [0.1, 0.15) is 51.0 Å². The summed E-state index contributed by atoms with van der Waals surface area (Å²) in [6.07, 6.45) is 2.44. The van der Waals surface area contributed by atoms with E-state index in [0.29, 0.717) is 0 Å². The van der Waals surface area contributed by atoms with Crippen LogP contribution in [0.4, 0.5) is 13.2 Å². The van der Waals surface area contributed by atoms with Crippen LogP contribution in [0.15, 0.2) is 29.2 Å². The SMILES string of the molecule is CCCCCCCCc1ccc(S(=O)(=O)OC(F)(F)F)cc1. The minimum atomic E-state index is -5.21. The van der Waals surface area contributed by atoms with Gasteiger partial charge in [-0.05, 0) is 30.5 Å². The molecular formula is C15H21F3O3S. The Labute approximate surface area is 129 Å². The van der Waals surface area contributed by atoms with Crippen LogP contribution in [-0.4, -0.2) is 14.8 Å². The van der Waals surface area contributed by atoms with Gasteiger partial charge < -0.3 is 0 Å². The van der Waals surface area contributed by atoms with Crippen LogP contribution in [-0.2, 0) is 20.7 Å². The summed E-state index contributed by atoms with van der Waals surface area (Å²) in [6.45, 7) is 2.15. The average Bonchev–Trinajstić information content (AvgIpc) is 2.40. The molecule has 0 aliphatic rings. The highest BCUT2D eigenvalue weighted by atomic mass is 32.2. The van der Waals surface area contributed by atoms with Crippen LogP contribution in [0.2, 0.25) is 0 Å². The maximum Gasteiger partial charge on any atom is 0.537 e. The first-order valence-corrected chi connectivity index (χ1v) is 8.77. The van der Waals surface area contributed by atoms with E-state index in [9.17, 15) is 21.6 Å². The molecule has 0 aliphatic carbocycles. The molecular weight excluding hydrogens is 317 g/mol. The second-order valence-corrected chi connectivity index (χ2v) is 6.69. The first kappa shape index (κ1) is 19.0. The van der Waals surface area contributed by atoms with Gasteiger partial charge in [-0.25, -0.2) is 0 Å². The van der Waals surface area contributed by atoms with Gasteiger partial charge in [0.15, 0.2) is 0 Å². The van der Waals surface area contributed by atoms with Crippen molar-refractivity contribution < 1.29 is 25.8 Å². The summed E-state index contributed by atoms with van der Waals surface area (Å²) in [5.41, 5.74) is 0.904. The third-order valence-electron chi connectivity index (χ3n) is 3.24. The lowest BCUT2D eigenvalue weighted by Gasteiger charge is -2.08. The monoisotopic (exact) mass is 338 g/mol. The molecule has 0 radical (unpaired) electrons. The minimum absolute atomic E-state index is 0.489. The van der Waals surface area contributed by atoms with E-state index in [-0.39, 0.29) is 0 Å². The molecule has 3 nitrogen and oxygen atoms in total. The molecule has 0 unspecified atom stereocenters. The normalized spacial score (nSPS) is 12.5. The number of hydrogen-bond acceptors (Lipinski definition) is 3. The molecule has 0 spiro atoms. The van der Waals surface area contributed by atoms with Gasteiger partial charge in [0.2, 0.25) is 0 Å². The van der Waals surface area contributed by atoms with E-state index in [2.05, 4.69) is 11.1 Å². The zero-order valence-electron chi connectivity index (χ0n) is 12.5. The number of unbranched alkanes of at least 4 members (excludes halogenated alkanes) is 5. The fourth-order valence-corrected chi connectivity index (χ4v) is 2.92. The van der Waals surface area contributed by atoms with Crippen LogP contribution in [0, 0.1) is 0 Å². The van der Waals surface area contributed by atoms with Crippen molar-refractivity contribution in [3.8, 4) is 0 Å². The lowest BCUT2D eigenvalue weighted by Crippen LogP contribution is -2.19. The Bertz CT molecular complexity index is 536. The van der Waals surface area contributed by atoms with Crippen LogP contribution in [0.25, 0.3) is 0 Å². The lowest BCUT2D eigenvalue weighted by atomic mass is 10.1. The predicted molar refractivity (Wildman–Crippen MR) is 77.8 cm³/mol. The summed E-state index contributed by atoms with van der Waals surface area (Å²) in [4.78, 5) is -0.489. The molecule has 1 rings (SSSR count). The van der Waals surface area contributed by atoms with Gasteiger partial charge in [0.1, 0.15) is 0 Å². The van der Waals surface area contributed by atoms with E-state index in [1.165, 1.54) is 37.8 Å². The Hall–Kier alpha value is -1.08. The number of alkyl halides is 3. The quantitative estimate of drug-likeness (QED) is 0.479. The van der Waals surface area contributed by atoms with Gasteiger partial charge in [-0.3, -0.25) is 0 Å². The molecule has 22 heavy (non-hydrogen) atoms. The standard InChI is InChI=1S/C15H21F3O3S/c1-2-3-4-5-6-7-8-13-9-11-14(12-10-13)22(19,20)21-15(16,17)18/h9-12H,2-8H2,1H3. The van der Waals surface area contributed by atoms with Gasteiger partial charge in [0, 0.05) is 0 Å². The van der Waals surface area contributed by atoms with Crippen molar-refractivity contribution in [3.63, 3.8) is 0 Å². The van der Waals surface area contributed by atoms with Crippen LogP contribution in [0.3, 0.4) is 0 Å². The van der Waals surface area contributed by atoms with Crippen molar-refractivity contribution in [1.82, 2.24) is 0 Å². The second-order valence-electron chi connectivity index (χ2n) is 5.14. The molecule has 0 atom stereocenters. The molecule has 7 heteroatoms. The number of hydrogen-bond donors (Lipinski definition) is 0. The number of halogens is 3. The van der Waals surface area contributed by atoms with Crippen molar-refractivity contribution in [2.75, 3.05) is 0 Å². The summed E-state index contributed by atoms with van der Waals surface area (Å²) in [5, 5.41) is 0. The van der Waals surface area contributed by atoms with Gasteiger partial charge in [-0.1, -0.05) is 51.2 Å². The van der Waals surface area contributed by atoms with E-state index in [4.69, 9.17) is 0 Å². The molecule has 0 aromatic heterocycles. The zero-order chi connectivity index (χ0) is 16.6. The van der Waals surface area contributed by atoms with Gasteiger partial charge >= 0.3 is 16.5 Å². The maximum atomic E-state index is 12.0. The van der Waals surface area contributed by atoms with E-state index in [1.54, 1.807) is 0 Å². The van der Waals surface area contributed by atoms with E-state index in [1.807, 2.05) is 0 Å². The van der Waals surface area contributed by atoms with Gasteiger partial charge in [-0.15, -0.1) is 13.2 Å². The van der Waals surface area contributed by atoms with E-state index in [0.717, 1.165) is 37.0 Å². The Kier molecular flexibility index (Phi) is 7.35. The van der Waals surface area contributed by atoms with Crippen LogP contribution in [0.5, 0.6) is 0 Å². The summed E-state index contributed by atoms with van der Waals surface area (Å²) >= 11 is 0. The minimum Gasteiger partial charge on any atom is -0.194 e. The molecule has 1 aromatic rings. The third kappa shape index (κ3) is 7.26. The first-order valence-electron chi connectivity index (χ1n) is 7.36. The fraction of sp³-hybridized carbons (Fsp3) is 0.600. The summed E-state index contributed by atoms with van der Waals surface area (Å²) < 4.78 is 61.9. The first-order chi connectivity index (χ1) is 10.2. The molecule has 0 saturated carbocycles. The molecule has 0 saturated heterocycles. The fourth-order valence-electron chi connectivity index (χ4n) is 2.10. The highest BCUT2D eigenvalue weighted by Crippen LogP contribution is 2.24. The van der Waals surface area contributed by atoms with Gasteiger partial charge in [0.25, 0.3) is 0 Å². The second kappa shape index (κ2) is 8.53. The molecule has 0 aliphatic heterocycles. The molecule has 0 bridgehead atoms. The molecule has 0 heterocycles. The van der Waals surface area contributed by atoms with Crippen LogP contribution < -0.4 is 0 Å². The maximum absolute atomic E-state index is 12.0. The smallest absolute Gasteiger partial charge is 0.194 e. The number of aryl methyl sites for hydroxylation is 1. The Morgan fingerprint density at radius 2 is 1.50 bits per heavy atom. The molecule has 0 amide bonds. The zero-order valence-corrected chi connectivity index (χ0v) is 13.3. The Morgan fingerprint density at radius 1 is 0.955 bits per heavy atom. The van der Waals surface area contributed by atoms with E-state index >= 15 is 0 Å². The largest absolute Gasteiger partial charge is 0.537 e. The van der Waals surface area contributed by atoms with Crippen molar-refractivity contribution in [2.24, 2.45) is 0 Å². The lowest BCUT2D eigenvalue weighted by molar-refractivity contribution is -0.271. The highest BCUT2D eigenvalue weighted by molar-refractivity contribution is 7.86. The summed E-state index contributed by atoms with van der Waals surface area (Å²) in [7, 11) is -4.80. The van der Waals surface area contributed by atoms with Gasteiger partial charge in [-0.2, -0.15) is 12.6 Å². The number of rotatable bonds is 9. The van der Waals surface area contributed by atoms with Crippen molar-refractivity contribution >= 4 is 10.1 Å². The topological polar surface area (TPSA) is 43.4 Å². The van der Waals surface area contributed by atoms with E-state index < -0.39 is 21.4 Å². The third-order valence-corrected chi connectivity index (χ3v) is 4.49. The van der Waals surface area contributed by atoms with Gasteiger partial charge in [0.05, 0.1) is 4.90 Å². The summed E-state index contributed by atoms with van der Waals surface area (Å²) in [5.74, 6) is 0. The molecule has 1 aromatic carbocycles. The molecule has 0 N–H and O–H groups in total. The number of benzene rings is 1. The van der Waals surface area contributed by atoms with Crippen molar-refractivity contribution in [2.45, 2.75) is 63.1 Å². The Morgan fingerprint density at radius 3 is 2.05 bits per heavy atom. The van der Waals surface area contributed by atoms with Crippen molar-refractivity contribution in [1.29, 1.82) is 0 Å².